The van der Waals surface area contributed by atoms with E-state index in [0.717, 1.165) is 56.3 Å². The van der Waals surface area contributed by atoms with Crippen molar-refractivity contribution >= 4 is 28.2 Å². The molecular weight excluding hydrogens is 456 g/mol. The van der Waals surface area contributed by atoms with E-state index in [1.54, 1.807) is 26.4 Å². The third-order valence-electron chi connectivity index (χ3n) is 6.25. The van der Waals surface area contributed by atoms with Crippen molar-refractivity contribution < 1.29 is 28.5 Å². The Kier molecular flexibility index (Phi) is 7.95. The largest absolute Gasteiger partial charge is 0.493 e. The van der Waals surface area contributed by atoms with E-state index >= 15 is 0 Å². The van der Waals surface area contributed by atoms with Gasteiger partial charge in [0, 0.05) is 18.0 Å². The van der Waals surface area contributed by atoms with Crippen LogP contribution in [0, 0.1) is 0 Å². The van der Waals surface area contributed by atoms with Crippen molar-refractivity contribution in [3.05, 3.63) is 33.7 Å². The maximum Gasteiger partial charge on any atom is 0.254 e. The van der Waals surface area contributed by atoms with Crippen molar-refractivity contribution in [1.29, 1.82) is 0 Å². The molecule has 8 nitrogen and oxygen atoms in total. The second-order valence-corrected chi connectivity index (χ2v) is 9.62. The fourth-order valence-corrected chi connectivity index (χ4v) is 5.89. The van der Waals surface area contributed by atoms with Gasteiger partial charge in [0.2, 0.25) is 11.7 Å². The standard InChI is InChI=1S/C25H32N2O6S/c1-30-18-11-15(12-19(31-2)23(18)32-3)13-21(28)27-25-22(17-8-4-5-9-20(17)34-25)24(29)26-14-16-7-6-10-33-16/h11-12,16H,4-10,13-14H2,1-3H3,(H,26,29)(H,27,28). The number of methoxy groups -OCH3 is 3. The SMILES string of the molecule is COc1cc(CC(=O)Nc2sc3c(c2C(=O)NCC2CCCO2)CCCC3)cc(OC)c1OC. The van der Waals surface area contributed by atoms with Crippen LogP contribution in [0.25, 0.3) is 0 Å². The van der Waals surface area contributed by atoms with E-state index in [-0.39, 0.29) is 24.3 Å². The molecule has 2 amide bonds. The van der Waals surface area contributed by atoms with Gasteiger partial charge in [-0.15, -0.1) is 11.3 Å². The van der Waals surface area contributed by atoms with Crippen molar-refractivity contribution in [2.75, 3.05) is 39.8 Å². The zero-order valence-corrected chi connectivity index (χ0v) is 20.8. The number of amides is 2. The highest BCUT2D eigenvalue weighted by Crippen LogP contribution is 2.40. The minimum Gasteiger partial charge on any atom is -0.493 e. The molecule has 0 spiro atoms. The van der Waals surface area contributed by atoms with Crippen LogP contribution in [0.15, 0.2) is 12.1 Å². The Morgan fingerprint density at radius 1 is 1.06 bits per heavy atom. The normalized spacial score (nSPS) is 17.1. The molecule has 34 heavy (non-hydrogen) atoms. The zero-order valence-electron chi connectivity index (χ0n) is 20.0. The smallest absolute Gasteiger partial charge is 0.254 e. The van der Waals surface area contributed by atoms with E-state index in [4.69, 9.17) is 18.9 Å². The van der Waals surface area contributed by atoms with Gasteiger partial charge in [0.05, 0.1) is 39.4 Å². The molecule has 0 saturated carbocycles. The average Bonchev–Trinajstić information content (AvgIpc) is 3.49. The molecule has 1 aliphatic heterocycles. The number of ether oxygens (including phenoxy) is 4. The number of carbonyl (C=O) groups is 2. The molecule has 1 aromatic heterocycles. The van der Waals surface area contributed by atoms with Crippen LogP contribution in [0.4, 0.5) is 5.00 Å². The molecule has 1 aliphatic carbocycles. The number of hydrogen-bond donors (Lipinski definition) is 2. The van der Waals surface area contributed by atoms with Crippen LogP contribution in [0.5, 0.6) is 17.2 Å². The Morgan fingerprint density at radius 3 is 2.44 bits per heavy atom. The maximum atomic E-state index is 13.2. The Balaban J connectivity index is 1.52. The monoisotopic (exact) mass is 488 g/mol. The van der Waals surface area contributed by atoms with Crippen molar-refractivity contribution in [3.63, 3.8) is 0 Å². The predicted molar refractivity (Wildman–Crippen MR) is 131 cm³/mol. The molecule has 1 fully saturated rings. The Hall–Kier alpha value is -2.78. The summed E-state index contributed by atoms with van der Waals surface area (Å²) in [4.78, 5) is 27.4. The maximum absolute atomic E-state index is 13.2. The average molecular weight is 489 g/mol. The van der Waals surface area contributed by atoms with E-state index in [1.165, 1.54) is 23.3 Å². The molecule has 0 bridgehead atoms. The minimum atomic E-state index is -0.207. The first-order chi connectivity index (χ1) is 16.5. The fraction of sp³-hybridized carbons (Fsp3) is 0.520. The lowest BCUT2D eigenvalue weighted by Gasteiger charge is -2.15. The van der Waals surface area contributed by atoms with Gasteiger partial charge in [-0.1, -0.05) is 0 Å². The van der Waals surface area contributed by atoms with E-state index in [1.807, 2.05) is 0 Å². The third-order valence-corrected chi connectivity index (χ3v) is 7.46. The molecule has 4 rings (SSSR count). The summed E-state index contributed by atoms with van der Waals surface area (Å²) in [5, 5.41) is 6.65. The number of hydrogen-bond acceptors (Lipinski definition) is 7. The Labute approximate surface area is 203 Å². The first-order valence-electron chi connectivity index (χ1n) is 11.7. The molecule has 1 atom stereocenters. The highest BCUT2D eigenvalue weighted by atomic mass is 32.1. The number of nitrogens with one attached hydrogen (secondary N) is 2. The van der Waals surface area contributed by atoms with Crippen molar-refractivity contribution in [2.45, 2.75) is 51.0 Å². The van der Waals surface area contributed by atoms with Crippen molar-refractivity contribution in [1.82, 2.24) is 5.32 Å². The number of anilines is 1. The van der Waals surface area contributed by atoms with Crippen molar-refractivity contribution in [2.24, 2.45) is 0 Å². The second kappa shape index (κ2) is 11.1. The highest BCUT2D eigenvalue weighted by Gasteiger charge is 2.27. The molecule has 2 N–H and O–H groups in total. The van der Waals surface area contributed by atoms with Gasteiger partial charge in [-0.05, 0) is 61.8 Å². The van der Waals surface area contributed by atoms with Gasteiger partial charge in [-0.25, -0.2) is 0 Å². The molecule has 2 aromatic rings. The molecule has 1 aromatic carbocycles. The Bertz CT molecular complexity index is 1020. The first kappa shape index (κ1) is 24.3. The summed E-state index contributed by atoms with van der Waals surface area (Å²) >= 11 is 1.52. The molecule has 0 radical (unpaired) electrons. The van der Waals surface area contributed by atoms with Gasteiger partial charge in [-0.2, -0.15) is 0 Å². The highest BCUT2D eigenvalue weighted by molar-refractivity contribution is 7.17. The quantitative estimate of drug-likeness (QED) is 0.558. The summed E-state index contributed by atoms with van der Waals surface area (Å²) in [7, 11) is 4.62. The molecule has 1 unspecified atom stereocenters. The molecule has 2 aliphatic rings. The van der Waals surface area contributed by atoms with Crippen LogP contribution in [0.2, 0.25) is 0 Å². The molecule has 184 valence electrons. The van der Waals surface area contributed by atoms with E-state index < -0.39 is 0 Å². The van der Waals surface area contributed by atoms with Gasteiger partial charge in [0.1, 0.15) is 5.00 Å². The van der Waals surface area contributed by atoms with Gasteiger partial charge in [-0.3, -0.25) is 9.59 Å². The molecule has 2 heterocycles. The van der Waals surface area contributed by atoms with E-state index in [0.29, 0.717) is 34.4 Å². The number of aryl methyl sites for hydroxylation is 1. The predicted octanol–water partition coefficient (Wildman–Crippen LogP) is 3.74. The summed E-state index contributed by atoms with van der Waals surface area (Å²) in [6.45, 7) is 1.24. The number of benzene rings is 1. The summed E-state index contributed by atoms with van der Waals surface area (Å²) in [6, 6.07) is 3.52. The lowest BCUT2D eigenvalue weighted by atomic mass is 9.95. The van der Waals surface area contributed by atoms with Gasteiger partial charge in [0.15, 0.2) is 11.5 Å². The van der Waals surface area contributed by atoms with E-state index in [9.17, 15) is 9.59 Å². The zero-order chi connectivity index (χ0) is 24.1. The lowest BCUT2D eigenvalue weighted by Crippen LogP contribution is -2.32. The van der Waals surface area contributed by atoms with Gasteiger partial charge >= 0.3 is 0 Å². The Morgan fingerprint density at radius 2 is 1.79 bits per heavy atom. The number of thiophene rings is 1. The van der Waals surface area contributed by atoms with Crippen LogP contribution in [-0.2, 0) is 28.8 Å². The summed E-state index contributed by atoms with van der Waals surface area (Å²) in [6.07, 6.45) is 6.11. The topological polar surface area (TPSA) is 95.1 Å². The third kappa shape index (κ3) is 5.31. The second-order valence-electron chi connectivity index (χ2n) is 8.52. The fourth-order valence-electron chi connectivity index (χ4n) is 4.59. The van der Waals surface area contributed by atoms with Gasteiger partial charge in [0.25, 0.3) is 5.91 Å². The van der Waals surface area contributed by atoms with Gasteiger partial charge < -0.3 is 29.6 Å². The summed E-state index contributed by atoms with van der Waals surface area (Å²) < 4.78 is 21.8. The van der Waals surface area contributed by atoms with Crippen LogP contribution in [-0.4, -0.2) is 52.4 Å². The summed E-state index contributed by atoms with van der Waals surface area (Å²) in [5.41, 5.74) is 2.40. The summed E-state index contributed by atoms with van der Waals surface area (Å²) in [5.74, 6) is 1.11. The van der Waals surface area contributed by atoms with Crippen LogP contribution < -0.4 is 24.8 Å². The first-order valence-corrected chi connectivity index (χ1v) is 12.5. The van der Waals surface area contributed by atoms with Crippen LogP contribution in [0.1, 0.15) is 52.0 Å². The minimum absolute atomic E-state index is 0.0662. The van der Waals surface area contributed by atoms with E-state index in [2.05, 4.69) is 10.6 Å². The number of carbonyl (C=O) groups excluding carboxylic acids is 2. The van der Waals surface area contributed by atoms with Crippen molar-refractivity contribution in [3.8, 4) is 17.2 Å². The van der Waals surface area contributed by atoms with Crippen LogP contribution in [0.3, 0.4) is 0 Å². The van der Waals surface area contributed by atoms with Crippen LogP contribution >= 0.6 is 11.3 Å². The number of fused-ring (bicyclic) bond motifs is 1. The lowest BCUT2D eigenvalue weighted by molar-refractivity contribution is -0.115. The molecule has 9 heteroatoms. The molecule has 1 saturated heterocycles. The number of rotatable bonds is 9. The molecular formula is C25H32N2O6S.